The van der Waals surface area contributed by atoms with Crippen molar-refractivity contribution >= 4 is 33.7 Å². The number of fused-ring (bicyclic) bond motifs is 1. The molecular weight excluding hydrogens is 348 g/mol. The number of amides is 1. The fourth-order valence-electron chi connectivity index (χ4n) is 4.01. The third-order valence-electron chi connectivity index (χ3n) is 5.39. The summed E-state index contributed by atoms with van der Waals surface area (Å²) in [5, 5.41) is 18.6. The summed E-state index contributed by atoms with van der Waals surface area (Å²) in [6, 6.07) is 21.4. The third kappa shape index (κ3) is 2.70. The Labute approximate surface area is 162 Å². The fourth-order valence-corrected chi connectivity index (χ4v) is 4.01. The lowest BCUT2D eigenvalue weighted by atomic mass is 10.0. The van der Waals surface area contributed by atoms with Crippen molar-refractivity contribution in [1.29, 1.82) is 0 Å². The highest BCUT2D eigenvalue weighted by Crippen LogP contribution is 2.32. The molecule has 136 valence electrons. The summed E-state index contributed by atoms with van der Waals surface area (Å²) in [6.45, 7) is 0. The Morgan fingerprint density at radius 2 is 1.68 bits per heavy atom. The zero-order chi connectivity index (χ0) is 19.1. The summed E-state index contributed by atoms with van der Waals surface area (Å²) < 4.78 is 0. The minimum Gasteiger partial charge on any atom is -0.507 e. The number of carbonyl (C=O) groups excluding carboxylic acids is 1. The maximum atomic E-state index is 12.5. The molecule has 0 spiro atoms. The van der Waals surface area contributed by atoms with Crippen LogP contribution in [0.4, 0.5) is 0 Å². The van der Waals surface area contributed by atoms with Gasteiger partial charge in [-0.15, -0.1) is 0 Å². The van der Waals surface area contributed by atoms with Gasteiger partial charge in [0.2, 0.25) is 0 Å². The van der Waals surface area contributed by atoms with Gasteiger partial charge in [-0.2, -0.15) is 5.10 Å². The molecule has 5 rings (SSSR count). The van der Waals surface area contributed by atoms with Crippen LogP contribution in [-0.4, -0.2) is 17.2 Å². The van der Waals surface area contributed by atoms with Crippen LogP contribution in [-0.2, 0) is 12.8 Å². The molecule has 4 aromatic rings. The van der Waals surface area contributed by atoms with E-state index in [9.17, 15) is 9.90 Å². The molecule has 4 nitrogen and oxygen atoms in total. The highest BCUT2D eigenvalue weighted by molar-refractivity contribution is 6.05. The fraction of sp³-hybridized carbons (Fsp3) is 0.0833. The molecule has 0 heterocycles. The van der Waals surface area contributed by atoms with Crippen LogP contribution < -0.4 is 5.43 Å². The summed E-state index contributed by atoms with van der Waals surface area (Å²) in [7, 11) is 0. The molecule has 0 aromatic heterocycles. The molecule has 2 N–H and O–H groups in total. The lowest BCUT2D eigenvalue weighted by Gasteiger charge is -2.07. The quantitative estimate of drug-likeness (QED) is 0.412. The van der Waals surface area contributed by atoms with Gasteiger partial charge in [0.1, 0.15) is 5.75 Å². The topological polar surface area (TPSA) is 61.7 Å². The summed E-state index contributed by atoms with van der Waals surface area (Å²) >= 11 is 0. The number of nitrogens with one attached hydrogen (secondary N) is 1. The Balaban J connectivity index is 1.43. The van der Waals surface area contributed by atoms with Crippen molar-refractivity contribution in [3.05, 3.63) is 89.0 Å². The molecule has 0 atom stereocenters. The second kappa shape index (κ2) is 6.50. The number of aromatic hydroxyl groups is 1. The second-order valence-corrected chi connectivity index (χ2v) is 7.07. The van der Waals surface area contributed by atoms with Gasteiger partial charge in [0, 0.05) is 5.56 Å². The van der Waals surface area contributed by atoms with E-state index in [0.29, 0.717) is 0 Å². The van der Waals surface area contributed by atoms with Gasteiger partial charge in [-0.1, -0.05) is 54.6 Å². The highest BCUT2D eigenvalue weighted by atomic mass is 16.3. The first-order valence-electron chi connectivity index (χ1n) is 9.29. The Kier molecular flexibility index (Phi) is 3.83. The largest absolute Gasteiger partial charge is 0.507 e. The van der Waals surface area contributed by atoms with Gasteiger partial charge < -0.3 is 5.11 Å². The molecule has 0 aliphatic heterocycles. The van der Waals surface area contributed by atoms with Crippen molar-refractivity contribution in [2.24, 2.45) is 5.10 Å². The molecule has 0 saturated carbocycles. The van der Waals surface area contributed by atoms with E-state index in [1.165, 1.54) is 16.5 Å². The number of nitrogens with zero attached hydrogens (tertiary/aromatic N) is 1. The number of hydrogen-bond donors (Lipinski definition) is 2. The lowest BCUT2D eigenvalue weighted by molar-refractivity contribution is 0.0952. The number of carbonyl (C=O) groups is 1. The van der Waals surface area contributed by atoms with Crippen LogP contribution >= 0.6 is 0 Å². The molecule has 0 unspecified atom stereocenters. The predicted octanol–water partition coefficient (Wildman–Crippen LogP) is 4.56. The second-order valence-electron chi connectivity index (χ2n) is 7.07. The molecule has 0 bridgehead atoms. The van der Waals surface area contributed by atoms with Crippen molar-refractivity contribution in [3.8, 4) is 5.75 Å². The van der Waals surface area contributed by atoms with Crippen LogP contribution in [0, 0.1) is 0 Å². The third-order valence-corrected chi connectivity index (χ3v) is 5.39. The van der Waals surface area contributed by atoms with E-state index < -0.39 is 5.91 Å². The number of phenols is 1. The first-order valence-corrected chi connectivity index (χ1v) is 9.29. The van der Waals surface area contributed by atoms with Gasteiger partial charge in [-0.3, -0.25) is 4.79 Å². The number of rotatable bonds is 3. The number of aryl methyl sites for hydroxylation is 2. The van der Waals surface area contributed by atoms with Gasteiger partial charge in [0.25, 0.3) is 5.91 Å². The van der Waals surface area contributed by atoms with Gasteiger partial charge in [0.05, 0.1) is 11.8 Å². The van der Waals surface area contributed by atoms with Gasteiger partial charge >= 0.3 is 0 Å². The summed E-state index contributed by atoms with van der Waals surface area (Å²) in [6.07, 6.45) is 3.81. The van der Waals surface area contributed by atoms with E-state index in [2.05, 4.69) is 34.8 Å². The van der Waals surface area contributed by atoms with Gasteiger partial charge in [-0.05, 0) is 57.6 Å². The van der Waals surface area contributed by atoms with Crippen LogP contribution in [0.3, 0.4) is 0 Å². The molecule has 0 radical (unpaired) electrons. The Morgan fingerprint density at radius 1 is 0.929 bits per heavy atom. The SMILES string of the molecule is O=C(N/N=C/c1ccc2c3c(cccc13)CC2)c1cc2ccccc2cc1O. The summed E-state index contributed by atoms with van der Waals surface area (Å²) in [5.41, 5.74) is 6.44. The highest BCUT2D eigenvalue weighted by Gasteiger charge is 2.15. The monoisotopic (exact) mass is 366 g/mol. The van der Waals surface area contributed by atoms with E-state index in [4.69, 9.17) is 0 Å². The molecule has 1 aliphatic carbocycles. The minimum atomic E-state index is -0.439. The Hall–Kier alpha value is -3.66. The van der Waals surface area contributed by atoms with Crippen LogP contribution in [0.15, 0.2) is 71.8 Å². The van der Waals surface area contributed by atoms with E-state index in [-0.39, 0.29) is 11.3 Å². The van der Waals surface area contributed by atoms with E-state index >= 15 is 0 Å². The van der Waals surface area contributed by atoms with Crippen molar-refractivity contribution in [3.63, 3.8) is 0 Å². The zero-order valence-corrected chi connectivity index (χ0v) is 15.1. The average Bonchev–Trinajstić information content (AvgIpc) is 3.14. The van der Waals surface area contributed by atoms with E-state index in [1.807, 2.05) is 30.3 Å². The minimum absolute atomic E-state index is 0.0586. The van der Waals surface area contributed by atoms with Crippen LogP contribution in [0.2, 0.25) is 0 Å². The number of phenolic OH excluding ortho intramolecular Hbond substituents is 1. The number of benzene rings is 4. The van der Waals surface area contributed by atoms with Crippen molar-refractivity contribution in [2.45, 2.75) is 12.8 Å². The standard InChI is InChI=1S/C24H18N2O2/c27-22-13-18-5-2-1-4-17(18)12-21(22)24(28)26-25-14-19-11-10-16-9-8-15-6-3-7-20(19)23(15)16/h1-7,10-14,27H,8-9H2,(H,26,28)/b25-14+. The molecule has 0 saturated heterocycles. The van der Waals surface area contributed by atoms with Gasteiger partial charge in [0.15, 0.2) is 0 Å². The number of hydrazone groups is 1. The molecule has 1 amide bonds. The number of hydrogen-bond acceptors (Lipinski definition) is 3. The van der Waals surface area contributed by atoms with Crippen molar-refractivity contribution in [2.75, 3.05) is 0 Å². The Bertz CT molecular complexity index is 1260. The van der Waals surface area contributed by atoms with Crippen LogP contribution in [0.1, 0.15) is 27.0 Å². The summed E-state index contributed by atoms with van der Waals surface area (Å²) in [4.78, 5) is 12.5. The van der Waals surface area contributed by atoms with Crippen molar-refractivity contribution in [1.82, 2.24) is 5.43 Å². The molecule has 28 heavy (non-hydrogen) atoms. The molecule has 4 heteroatoms. The predicted molar refractivity (Wildman–Crippen MR) is 112 cm³/mol. The first-order chi connectivity index (χ1) is 13.7. The smallest absolute Gasteiger partial charge is 0.275 e. The maximum Gasteiger partial charge on any atom is 0.275 e. The Morgan fingerprint density at radius 3 is 2.50 bits per heavy atom. The van der Waals surface area contributed by atoms with Gasteiger partial charge in [-0.25, -0.2) is 5.43 Å². The molecule has 4 aromatic carbocycles. The molecule has 0 fully saturated rings. The van der Waals surface area contributed by atoms with E-state index in [0.717, 1.165) is 34.6 Å². The van der Waals surface area contributed by atoms with Crippen LogP contribution in [0.25, 0.3) is 21.5 Å². The first kappa shape index (κ1) is 16.5. The normalized spacial score (nSPS) is 12.9. The molecular formula is C24H18N2O2. The lowest BCUT2D eigenvalue weighted by Crippen LogP contribution is -2.17. The summed E-state index contributed by atoms with van der Waals surface area (Å²) in [5.74, 6) is -0.498. The maximum absolute atomic E-state index is 12.5. The van der Waals surface area contributed by atoms with Crippen molar-refractivity contribution < 1.29 is 9.90 Å². The van der Waals surface area contributed by atoms with Crippen LogP contribution in [0.5, 0.6) is 5.75 Å². The molecule has 1 aliphatic rings. The van der Waals surface area contributed by atoms with E-state index in [1.54, 1.807) is 18.3 Å². The average molecular weight is 366 g/mol. The zero-order valence-electron chi connectivity index (χ0n) is 15.1.